The summed E-state index contributed by atoms with van der Waals surface area (Å²) in [6, 6.07) is 6.00. The molecule has 2 nitrogen and oxygen atoms in total. The van der Waals surface area contributed by atoms with Crippen molar-refractivity contribution in [1.29, 1.82) is 0 Å². The van der Waals surface area contributed by atoms with Gasteiger partial charge in [-0.3, -0.25) is 0 Å². The first kappa shape index (κ1) is 6.35. The Morgan fingerprint density at radius 1 is 1.42 bits per heavy atom. The molecule has 0 saturated heterocycles. The highest BCUT2D eigenvalue weighted by molar-refractivity contribution is 5.52. The van der Waals surface area contributed by atoms with Crippen LogP contribution < -0.4 is 10.5 Å². The fourth-order valence-corrected chi connectivity index (χ4v) is 1.99. The molecule has 2 heteroatoms. The van der Waals surface area contributed by atoms with E-state index in [9.17, 15) is 0 Å². The number of anilines is 1. The second kappa shape index (κ2) is 1.94. The van der Waals surface area contributed by atoms with Gasteiger partial charge in [0, 0.05) is 17.7 Å². The lowest BCUT2D eigenvalue weighted by molar-refractivity contribution is 0.279. The number of benzene rings is 1. The van der Waals surface area contributed by atoms with Crippen molar-refractivity contribution in [3.05, 3.63) is 23.8 Å². The minimum Gasteiger partial charge on any atom is -0.493 e. The lowest BCUT2D eigenvalue weighted by Crippen LogP contribution is -2.08. The molecular weight excluding hydrogens is 150 g/mol. The minimum atomic E-state index is 0.773. The van der Waals surface area contributed by atoms with Crippen LogP contribution in [0, 0.1) is 5.92 Å². The molecule has 1 aromatic carbocycles. The Kier molecular flexibility index (Phi) is 1.03. The van der Waals surface area contributed by atoms with Crippen molar-refractivity contribution in [2.45, 2.75) is 12.3 Å². The molecule has 62 valence electrons. The molecule has 1 aliphatic heterocycles. The summed E-state index contributed by atoms with van der Waals surface area (Å²) in [6.45, 7) is 0.890. The van der Waals surface area contributed by atoms with E-state index < -0.39 is 0 Å². The maximum Gasteiger partial charge on any atom is 0.124 e. The zero-order chi connectivity index (χ0) is 8.13. The predicted octanol–water partition coefficient (Wildman–Crippen LogP) is 1.76. The summed E-state index contributed by atoms with van der Waals surface area (Å²) >= 11 is 0. The van der Waals surface area contributed by atoms with Crippen LogP contribution in [0.25, 0.3) is 0 Å². The van der Waals surface area contributed by atoms with E-state index in [4.69, 9.17) is 10.5 Å². The van der Waals surface area contributed by atoms with Crippen LogP contribution in [0.5, 0.6) is 5.75 Å². The average molecular weight is 161 g/mol. The minimum absolute atomic E-state index is 0.773. The highest BCUT2D eigenvalue weighted by Gasteiger charge is 2.43. The standard InChI is InChI=1S/C10H11NO/c11-7-1-2-8-9-3-6(9)5-12-10(8)4-7/h1-2,4,6,9H,3,5,11H2. The smallest absolute Gasteiger partial charge is 0.124 e. The summed E-state index contributed by atoms with van der Waals surface area (Å²) in [7, 11) is 0. The van der Waals surface area contributed by atoms with Gasteiger partial charge in [-0.1, -0.05) is 6.07 Å². The van der Waals surface area contributed by atoms with Gasteiger partial charge in [-0.15, -0.1) is 0 Å². The average Bonchev–Trinajstić information content (AvgIpc) is 2.82. The Hall–Kier alpha value is -1.18. The molecule has 1 aromatic rings. The van der Waals surface area contributed by atoms with E-state index >= 15 is 0 Å². The first-order valence-electron chi connectivity index (χ1n) is 4.37. The van der Waals surface area contributed by atoms with E-state index in [0.717, 1.165) is 29.9 Å². The Morgan fingerprint density at radius 3 is 3.25 bits per heavy atom. The van der Waals surface area contributed by atoms with Crippen LogP contribution in [-0.4, -0.2) is 6.61 Å². The van der Waals surface area contributed by atoms with Gasteiger partial charge in [0.15, 0.2) is 0 Å². The van der Waals surface area contributed by atoms with Crippen molar-refractivity contribution >= 4 is 5.69 Å². The van der Waals surface area contributed by atoms with Crippen molar-refractivity contribution in [3.63, 3.8) is 0 Å². The normalized spacial score (nSPS) is 30.0. The molecule has 2 N–H and O–H groups in total. The summed E-state index contributed by atoms with van der Waals surface area (Å²) in [5, 5.41) is 0. The van der Waals surface area contributed by atoms with Crippen molar-refractivity contribution in [2.75, 3.05) is 12.3 Å². The van der Waals surface area contributed by atoms with Crippen LogP contribution in [0.1, 0.15) is 17.9 Å². The molecule has 3 rings (SSSR count). The largest absolute Gasteiger partial charge is 0.493 e. The lowest BCUT2D eigenvalue weighted by atomic mass is 10.1. The molecule has 1 aliphatic carbocycles. The summed E-state index contributed by atoms with van der Waals surface area (Å²) in [5.41, 5.74) is 7.82. The topological polar surface area (TPSA) is 35.2 Å². The van der Waals surface area contributed by atoms with Gasteiger partial charge >= 0.3 is 0 Å². The molecule has 1 saturated carbocycles. The first-order valence-corrected chi connectivity index (χ1v) is 4.37. The highest BCUT2D eigenvalue weighted by atomic mass is 16.5. The number of nitrogen functional groups attached to an aromatic ring is 1. The Labute approximate surface area is 71.3 Å². The molecule has 12 heavy (non-hydrogen) atoms. The second-order valence-electron chi connectivity index (χ2n) is 3.71. The summed E-state index contributed by atoms with van der Waals surface area (Å²) in [4.78, 5) is 0. The predicted molar refractivity (Wildman–Crippen MR) is 47.2 cm³/mol. The van der Waals surface area contributed by atoms with Gasteiger partial charge in [0.1, 0.15) is 5.75 Å². The van der Waals surface area contributed by atoms with E-state index in [1.54, 1.807) is 0 Å². The van der Waals surface area contributed by atoms with E-state index in [-0.39, 0.29) is 0 Å². The second-order valence-corrected chi connectivity index (χ2v) is 3.71. The van der Waals surface area contributed by atoms with Gasteiger partial charge < -0.3 is 10.5 Å². The van der Waals surface area contributed by atoms with Gasteiger partial charge in [0.2, 0.25) is 0 Å². The van der Waals surface area contributed by atoms with E-state index in [1.807, 2.05) is 12.1 Å². The lowest BCUT2D eigenvalue weighted by Gasteiger charge is -2.16. The summed E-state index contributed by atoms with van der Waals surface area (Å²) in [5.74, 6) is 2.57. The van der Waals surface area contributed by atoms with E-state index in [1.165, 1.54) is 12.0 Å². The number of rotatable bonds is 0. The highest BCUT2D eigenvalue weighted by Crippen LogP contribution is 2.53. The zero-order valence-corrected chi connectivity index (χ0v) is 6.79. The molecule has 1 fully saturated rings. The van der Waals surface area contributed by atoms with Crippen LogP contribution in [0.2, 0.25) is 0 Å². The van der Waals surface area contributed by atoms with E-state index in [2.05, 4.69) is 6.07 Å². The van der Waals surface area contributed by atoms with Crippen LogP contribution >= 0.6 is 0 Å². The molecule has 0 aromatic heterocycles. The number of ether oxygens (including phenoxy) is 1. The van der Waals surface area contributed by atoms with E-state index in [0.29, 0.717) is 0 Å². The third kappa shape index (κ3) is 0.750. The van der Waals surface area contributed by atoms with Crippen LogP contribution in [0.4, 0.5) is 5.69 Å². The molecular formula is C10H11NO. The number of hydrogen-bond acceptors (Lipinski definition) is 2. The number of nitrogens with two attached hydrogens (primary N) is 1. The quantitative estimate of drug-likeness (QED) is 0.588. The molecule has 0 bridgehead atoms. The Bertz CT molecular complexity index is 335. The molecule has 1 heterocycles. The molecule has 2 unspecified atom stereocenters. The van der Waals surface area contributed by atoms with Gasteiger partial charge in [0.05, 0.1) is 6.61 Å². The fourth-order valence-electron chi connectivity index (χ4n) is 1.99. The van der Waals surface area contributed by atoms with Crippen molar-refractivity contribution in [1.82, 2.24) is 0 Å². The van der Waals surface area contributed by atoms with Crippen LogP contribution in [0.15, 0.2) is 18.2 Å². The first-order chi connectivity index (χ1) is 5.84. The monoisotopic (exact) mass is 161 g/mol. The van der Waals surface area contributed by atoms with Gasteiger partial charge in [-0.25, -0.2) is 0 Å². The van der Waals surface area contributed by atoms with Gasteiger partial charge in [-0.2, -0.15) is 0 Å². The summed E-state index contributed by atoms with van der Waals surface area (Å²) < 4.78 is 5.58. The third-order valence-corrected chi connectivity index (χ3v) is 2.81. The van der Waals surface area contributed by atoms with Crippen molar-refractivity contribution in [2.24, 2.45) is 5.92 Å². The molecule has 0 amide bonds. The van der Waals surface area contributed by atoms with Crippen LogP contribution in [0.3, 0.4) is 0 Å². The maximum atomic E-state index is 5.66. The Morgan fingerprint density at radius 2 is 2.33 bits per heavy atom. The van der Waals surface area contributed by atoms with Gasteiger partial charge in [-0.05, 0) is 24.0 Å². The fraction of sp³-hybridized carbons (Fsp3) is 0.400. The molecule has 2 aliphatic rings. The Balaban J connectivity index is 2.12. The molecule has 2 atom stereocenters. The third-order valence-electron chi connectivity index (χ3n) is 2.81. The van der Waals surface area contributed by atoms with Gasteiger partial charge in [0.25, 0.3) is 0 Å². The maximum absolute atomic E-state index is 5.66. The van der Waals surface area contributed by atoms with Crippen molar-refractivity contribution in [3.8, 4) is 5.75 Å². The zero-order valence-electron chi connectivity index (χ0n) is 6.79. The van der Waals surface area contributed by atoms with Crippen LogP contribution in [-0.2, 0) is 0 Å². The molecule has 0 radical (unpaired) electrons. The number of hydrogen-bond donors (Lipinski definition) is 1. The molecule has 0 spiro atoms. The SMILES string of the molecule is Nc1ccc2c(c1)OCC1CC21. The summed E-state index contributed by atoms with van der Waals surface area (Å²) in [6.07, 6.45) is 1.30. The number of fused-ring (bicyclic) bond motifs is 3. The van der Waals surface area contributed by atoms with Crippen molar-refractivity contribution < 1.29 is 4.74 Å².